The van der Waals surface area contributed by atoms with Gasteiger partial charge in [0.05, 0.1) is 12.6 Å². The van der Waals surface area contributed by atoms with E-state index in [0.717, 1.165) is 27.1 Å². The van der Waals surface area contributed by atoms with Gasteiger partial charge in [0.15, 0.2) is 0 Å². The highest BCUT2D eigenvalue weighted by atomic mass is 16.8. The van der Waals surface area contributed by atoms with Crippen LogP contribution in [0.1, 0.15) is 29.1 Å². The number of fused-ring (bicyclic) bond motifs is 2. The molecule has 29 heavy (non-hydrogen) atoms. The smallest absolute Gasteiger partial charge is 0.277 e. The van der Waals surface area contributed by atoms with Crippen LogP contribution in [0.25, 0.3) is 21.5 Å². The lowest BCUT2D eigenvalue weighted by molar-refractivity contribution is -0.319. The number of nitrogens with zero attached hydrogens (tertiary/aromatic N) is 1. The molecule has 4 aromatic rings. The van der Waals surface area contributed by atoms with Gasteiger partial charge in [0.2, 0.25) is 6.29 Å². The van der Waals surface area contributed by atoms with Crippen molar-refractivity contribution in [3.8, 4) is 0 Å². The molecule has 1 aliphatic heterocycles. The van der Waals surface area contributed by atoms with Gasteiger partial charge in [-0.25, -0.2) is 9.90 Å². The highest BCUT2D eigenvalue weighted by molar-refractivity contribution is 6.02. The number of rotatable bonds is 2. The van der Waals surface area contributed by atoms with Crippen molar-refractivity contribution in [3.05, 3.63) is 96.1 Å². The van der Waals surface area contributed by atoms with Gasteiger partial charge < -0.3 is 4.74 Å². The van der Waals surface area contributed by atoms with E-state index >= 15 is 0 Å². The summed E-state index contributed by atoms with van der Waals surface area (Å²) >= 11 is 0. The molecular formula is C25H21NO3. The van der Waals surface area contributed by atoms with Crippen LogP contribution in [0.15, 0.2) is 84.9 Å². The lowest BCUT2D eigenvalue weighted by Gasteiger charge is -2.36. The average Bonchev–Trinajstić information content (AvgIpc) is 2.77. The lowest BCUT2D eigenvalue weighted by Crippen LogP contribution is -2.44. The molecule has 4 heteroatoms. The number of amides is 1. The predicted molar refractivity (Wildman–Crippen MR) is 113 cm³/mol. The summed E-state index contributed by atoms with van der Waals surface area (Å²) in [4.78, 5) is 19.1. The van der Waals surface area contributed by atoms with Gasteiger partial charge in [-0.05, 0) is 46.7 Å². The number of hydrogen-bond acceptors (Lipinski definition) is 3. The zero-order valence-corrected chi connectivity index (χ0v) is 16.1. The molecule has 0 radical (unpaired) electrons. The van der Waals surface area contributed by atoms with Crippen molar-refractivity contribution in [1.29, 1.82) is 0 Å². The second-order valence-electron chi connectivity index (χ2n) is 7.35. The number of ether oxygens (including phenoxy) is 1. The van der Waals surface area contributed by atoms with Crippen molar-refractivity contribution in [2.45, 2.75) is 19.3 Å². The second kappa shape index (κ2) is 7.32. The third-order valence-electron chi connectivity index (χ3n) is 5.30. The fraction of sp³-hybridized carbons (Fsp3) is 0.160. The minimum atomic E-state index is -0.664. The molecule has 0 aliphatic carbocycles. The van der Waals surface area contributed by atoms with E-state index in [1.807, 2.05) is 49.4 Å². The van der Waals surface area contributed by atoms with E-state index in [2.05, 4.69) is 30.3 Å². The standard InChI is InChI=1S/C25H21NO3/c1-17-16-26(24(27)18-9-3-2-4-10-18)29-25(28-17)23-21-13-7-5-11-19(21)15-20-12-6-8-14-22(20)23/h2-15,17,25H,16H2,1H3/t17-,25+/m1/s1. The first kappa shape index (κ1) is 17.9. The number of hydrogen-bond donors (Lipinski definition) is 0. The molecule has 144 valence electrons. The van der Waals surface area contributed by atoms with Crippen molar-refractivity contribution in [3.63, 3.8) is 0 Å². The quantitative estimate of drug-likeness (QED) is 0.430. The zero-order chi connectivity index (χ0) is 19.8. The fourth-order valence-corrected chi connectivity index (χ4v) is 3.95. The van der Waals surface area contributed by atoms with Gasteiger partial charge in [-0.3, -0.25) is 4.79 Å². The fourth-order valence-electron chi connectivity index (χ4n) is 3.95. The van der Waals surface area contributed by atoms with Crippen LogP contribution in [0.4, 0.5) is 0 Å². The summed E-state index contributed by atoms with van der Waals surface area (Å²) in [5.41, 5.74) is 1.55. The van der Waals surface area contributed by atoms with E-state index in [1.165, 1.54) is 5.06 Å². The van der Waals surface area contributed by atoms with E-state index in [4.69, 9.17) is 9.57 Å². The largest absolute Gasteiger partial charge is 0.341 e. The minimum Gasteiger partial charge on any atom is -0.341 e. The van der Waals surface area contributed by atoms with Gasteiger partial charge in [0.1, 0.15) is 0 Å². The molecule has 0 unspecified atom stereocenters. The van der Waals surface area contributed by atoms with Crippen LogP contribution in [-0.2, 0) is 9.57 Å². The Bertz CT molecular complexity index is 1130. The maximum Gasteiger partial charge on any atom is 0.277 e. The molecule has 1 aliphatic rings. The van der Waals surface area contributed by atoms with Gasteiger partial charge in [0, 0.05) is 11.1 Å². The van der Waals surface area contributed by atoms with Crippen LogP contribution in [0.5, 0.6) is 0 Å². The maximum absolute atomic E-state index is 13.0. The minimum absolute atomic E-state index is 0.154. The Balaban J connectivity index is 1.61. The average molecular weight is 383 g/mol. The molecule has 2 atom stereocenters. The summed E-state index contributed by atoms with van der Waals surface area (Å²) in [7, 11) is 0. The first-order chi connectivity index (χ1) is 14.2. The summed E-state index contributed by atoms with van der Waals surface area (Å²) in [5, 5.41) is 5.81. The topological polar surface area (TPSA) is 38.8 Å². The van der Waals surface area contributed by atoms with E-state index in [-0.39, 0.29) is 12.0 Å². The highest BCUT2D eigenvalue weighted by Crippen LogP contribution is 2.37. The van der Waals surface area contributed by atoms with Crippen LogP contribution >= 0.6 is 0 Å². The summed E-state index contributed by atoms with van der Waals surface area (Å²) in [6.45, 7) is 2.35. The molecule has 4 nitrogen and oxygen atoms in total. The van der Waals surface area contributed by atoms with Gasteiger partial charge in [-0.2, -0.15) is 0 Å². The summed E-state index contributed by atoms with van der Waals surface area (Å²) in [6.07, 6.45) is -0.818. The molecule has 1 fully saturated rings. The van der Waals surface area contributed by atoms with E-state index in [1.54, 1.807) is 12.1 Å². The van der Waals surface area contributed by atoms with Crippen LogP contribution in [0.2, 0.25) is 0 Å². The van der Waals surface area contributed by atoms with Crippen molar-refractivity contribution < 1.29 is 14.4 Å². The molecule has 0 aromatic heterocycles. The normalized spacial score (nSPS) is 19.6. The van der Waals surface area contributed by atoms with Crippen molar-refractivity contribution in [1.82, 2.24) is 5.06 Å². The van der Waals surface area contributed by atoms with E-state index < -0.39 is 6.29 Å². The lowest BCUT2D eigenvalue weighted by atomic mass is 9.96. The molecule has 1 heterocycles. The number of carbonyl (C=O) groups is 1. The molecule has 1 saturated heterocycles. The third kappa shape index (κ3) is 3.27. The Morgan fingerprint density at radius 2 is 1.45 bits per heavy atom. The van der Waals surface area contributed by atoms with Gasteiger partial charge in [-0.15, -0.1) is 0 Å². The first-order valence-corrected chi connectivity index (χ1v) is 9.80. The van der Waals surface area contributed by atoms with E-state index in [9.17, 15) is 4.79 Å². The number of hydroxylamine groups is 2. The molecular weight excluding hydrogens is 362 g/mol. The van der Waals surface area contributed by atoms with Gasteiger partial charge >= 0.3 is 0 Å². The SMILES string of the molecule is C[C@@H]1CN(C(=O)c2ccccc2)O[C@@H](c2c3ccccc3cc3ccccc23)O1. The molecule has 0 bridgehead atoms. The second-order valence-corrected chi connectivity index (χ2v) is 7.35. The summed E-state index contributed by atoms with van der Waals surface area (Å²) < 4.78 is 6.19. The molecule has 4 aromatic carbocycles. The van der Waals surface area contributed by atoms with Crippen molar-refractivity contribution in [2.75, 3.05) is 6.54 Å². The molecule has 5 rings (SSSR count). The summed E-state index contributed by atoms with van der Waals surface area (Å²) in [5.74, 6) is -0.157. The Kier molecular flexibility index (Phi) is 4.51. The Hall–Kier alpha value is -3.21. The third-order valence-corrected chi connectivity index (χ3v) is 5.30. The Labute approximate surface area is 169 Å². The highest BCUT2D eigenvalue weighted by Gasteiger charge is 2.33. The van der Waals surface area contributed by atoms with Crippen molar-refractivity contribution >= 4 is 27.5 Å². The predicted octanol–water partition coefficient (Wildman–Crippen LogP) is 5.48. The zero-order valence-electron chi connectivity index (χ0n) is 16.1. The number of carbonyl (C=O) groups excluding carboxylic acids is 1. The van der Waals surface area contributed by atoms with Crippen molar-refractivity contribution in [2.24, 2.45) is 0 Å². The van der Waals surface area contributed by atoms with Gasteiger partial charge in [-0.1, -0.05) is 66.7 Å². The number of benzene rings is 4. The summed E-state index contributed by atoms with van der Waals surface area (Å²) in [6, 6.07) is 27.8. The Morgan fingerprint density at radius 1 is 0.862 bits per heavy atom. The van der Waals surface area contributed by atoms with Crippen LogP contribution in [0.3, 0.4) is 0 Å². The van der Waals surface area contributed by atoms with Crippen LogP contribution in [0, 0.1) is 0 Å². The van der Waals surface area contributed by atoms with Crippen LogP contribution in [-0.4, -0.2) is 23.6 Å². The molecule has 0 N–H and O–H groups in total. The maximum atomic E-state index is 13.0. The molecule has 1 amide bonds. The molecule has 0 spiro atoms. The monoisotopic (exact) mass is 383 g/mol. The molecule has 0 saturated carbocycles. The van der Waals surface area contributed by atoms with E-state index in [0.29, 0.717) is 12.1 Å². The van der Waals surface area contributed by atoms with Gasteiger partial charge in [0.25, 0.3) is 5.91 Å². The first-order valence-electron chi connectivity index (χ1n) is 9.80. The Morgan fingerprint density at radius 3 is 2.10 bits per heavy atom. The van der Waals surface area contributed by atoms with Crippen LogP contribution < -0.4 is 0 Å².